The molecular weight excluding hydrogens is 212 g/mol. The Hall–Kier alpha value is -1.86. The molecule has 2 rings (SSSR count). The number of nitrogens with zero attached hydrogens (tertiary/aromatic N) is 4. The molecule has 0 aliphatic rings. The topological polar surface area (TPSA) is 43.6 Å². The SMILES string of the molecule is C#CCn1nnc(-c2ccc(Cl)cc2)n1. The molecule has 0 N–H and O–H groups in total. The molecule has 4 nitrogen and oxygen atoms in total. The van der Waals surface area contributed by atoms with Crippen LogP contribution in [0.5, 0.6) is 0 Å². The molecule has 0 spiro atoms. The zero-order valence-electron chi connectivity index (χ0n) is 7.76. The molecule has 0 radical (unpaired) electrons. The Balaban J connectivity index is 2.30. The fraction of sp³-hybridized carbons (Fsp3) is 0.100. The van der Waals surface area contributed by atoms with Crippen LogP contribution in [-0.4, -0.2) is 20.2 Å². The van der Waals surface area contributed by atoms with Crippen LogP contribution in [0.4, 0.5) is 0 Å². The van der Waals surface area contributed by atoms with E-state index in [4.69, 9.17) is 18.0 Å². The lowest BCUT2D eigenvalue weighted by Crippen LogP contribution is -1.99. The molecule has 15 heavy (non-hydrogen) atoms. The highest BCUT2D eigenvalue weighted by Gasteiger charge is 2.04. The molecule has 0 atom stereocenters. The molecule has 0 aliphatic carbocycles. The van der Waals surface area contributed by atoms with E-state index in [9.17, 15) is 0 Å². The second-order valence-corrected chi connectivity index (χ2v) is 3.29. The van der Waals surface area contributed by atoms with Crippen molar-refractivity contribution in [3.8, 4) is 23.7 Å². The number of hydrogen-bond donors (Lipinski definition) is 0. The molecule has 0 amide bonds. The molecule has 1 aromatic carbocycles. The van der Waals surface area contributed by atoms with Crippen LogP contribution < -0.4 is 0 Å². The smallest absolute Gasteiger partial charge is 0.152 e. The van der Waals surface area contributed by atoms with Crippen molar-refractivity contribution in [1.29, 1.82) is 0 Å². The Morgan fingerprint density at radius 3 is 2.73 bits per heavy atom. The minimum Gasteiger partial charge on any atom is -0.152 e. The highest BCUT2D eigenvalue weighted by Crippen LogP contribution is 2.16. The van der Waals surface area contributed by atoms with Gasteiger partial charge >= 0.3 is 0 Å². The summed E-state index contributed by atoms with van der Waals surface area (Å²) in [6, 6.07) is 7.22. The third kappa shape index (κ3) is 2.14. The minimum absolute atomic E-state index is 0.320. The maximum Gasteiger partial charge on any atom is 0.204 e. The molecule has 0 saturated carbocycles. The van der Waals surface area contributed by atoms with Crippen LogP contribution in [0, 0.1) is 12.3 Å². The van der Waals surface area contributed by atoms with Gasteiger partial charge in [0, 0.05) is 10.6 Å². The Labute approximate surface area is 91.9 Å². The van der Waals surface area contributed by atoms with Crippen LogP contribution in [0.2, 0.25) is 5.02 Å². The van der Waals surface area contributed by atoms with Crippen molar-refractivity contribution in [2.75, 3.05) is 0 Å². The van der Waals surface area contributed by atoms with E-state index in [1.54, 1.807) is 12.1 Å². The number of terminal acetylenes is 1. The molecule has 2 aromatic rings. The Bertz CT molecular complexity index is 495. The predicted octanol–water partition coefficient (Wildman–Crippen LogP) is 1.63. The fourth-order valence-corrected chi connectivity index (χ4v) is 1.23. The van der Waals surface area contributed by atoms with Gasteiger partial charge in [0.1, 0.15) is 6.54 Å². The number of rotatable bonds is 2. The van der Waals surface area contributed by atoms with Crippen molar-refractivity contribution in [2.24, 2.45) is 0 Å². The van der Waals surface area contributed by atoms with E-state index in [0.29, 0.717) is 17.4 Å². The van der Waals surface area contributed by atoms with E-state index in [0.717, 1.165) is 5.56 Å². The normalized spacial score (nSPS) is 9.87. The van der Waals surface area contributed by atoms with Gasteiger partial charge in [-0.15, -0.1) is 16.6 Å². The van der Waals surface area contributed by atoms with Gasteiger partial charge in [-0.3, -0.25) is 0 Å². The third-order valence-electron chi connectivity index (χ3n) is 1.79. The van der Waals surface area contributed by atoms with E-state index in [1.807, 2.05) is 12.1 Å². The van der Waals surface area contributed by atoms with Gasteiger partial charge in [0.25, 0.3) is 0 Å². The summed E-state index contributed by atoms with van der Waals surface area (Å²) in [6.07, 6.45) is 5.13. The summed E-state index contributed by atoms with van der Waals surface area (Å²) in [5.74, 6) is 2.98. The van der Waals surface area contributed by atoms with E-state index < -0.39 is 0 Å². The zero-order valence-corrected chi connectivity index (χ0v) is 8.52. The number of aromatic nitrogens is 4. The summed E-state index contributed by atoms with van der Waals surface area (Å²) in [7, 11) is 0. The first kappa shape index (κ1) is 9.69. The highest BCUT2D eigenvalue weighted by atomic mass is 35.5. The molecule has 5 heteroatoms. The molecule has 0 aliphatic heterocycles. The third-order valence-corrected chi connectivity index (χ3v) is 2.04. The molecule has 0 fully saturated rings. The first-order valence-corrected chi connectivity index (χ1v) is 4.64. The van der Waals surface area contributed by atoms with Gasteiger partial charge in [0.05, 0.1) is 0 Å². The molecule has 1 heterocycles. The lowest BCUT2D eigenvalue weighted by atomic mass is 10.2. The zero-order chi connectivity index (χ0) is 10.7. The Morgan fingerprint density at radius 1 is 1.33 bits per heavy atom. The van der Waals surface area contributed by atoms with Crippen molar-refractivity contribution < 1.29 is 0 Å². The average Bonchev–Trinajstić information content (AvgIpc) is 2.68. The van der Waals surface area contributed by atoms with Crippen LogP contribution in [0.1, 0.15) is 0 Å². The maximum atomic E-state index is 5.77. The first-order valence-electron chi connectivity index (χ1n) is 4.27. The van der Waals surface area contributed by atoms with Crippen molar-refractivity contribution in [2.45, 2.75) is 6.54 Å². The van der Waals surface area contributed by atoms with Crippen LogP contribution in [0.3, 0.4) is 0 Å². The molecule has 0 unspecified atom stereocenters. The standard InChI is InChI=1S/C10H7ClN4/c1-2-7-15-13-10(12-14-15)8-3-5-9(11)6-4-8/h1,3-6H,7H2. The van der Waals surface area contributed by atoms with Crippen molar-refractivity contribution >= 4 is 11.6 Å². The quantitative estimate of drug-likeness (QED) is 0.720. The molecule has 0 saturated heterocycles. The number of halogens is 1. The Morgan fingerprint density at radius 2 is 2.07 bits per heavy atom. The van der Waals surface area contributed by atoms with Crippen LogP contribution in [0.15, 0.2) is 24.3 Å². The van der Waals surface area contributed by atoms with Crippen LogP contribution in [0.25, 0.3) is 11.4 Å². The molecular formula is C10H7ClN4. The van der Waals surface area contributed by atoms with Gasteiger partial charge in [0.15, 0.2) is 0 Å². The van der Waals surface area contributed by atoms with E-state index in [2.05, 4.69) is 21.3 Å². The first-order chi connectivity index (χ1) is 7.29. The van der Waals surface area contributed by atoms with Gasteiger partial charge in [-0.1, -0.05) is 17.5 Å². The Kier molecular flexibility index (Phi) is 2.66. The van der Waals surface area contributed by atoms with E-state index in [-0.39, 0.29) is 0 Å². The molecule has 1 aromatic heterocycles. The predicted molar refractivity (Wildman–Crippen MR) is 57.1 cm³/mol. The van der Waals surface area contributed by atoms with Crippen molar-refractivity contribution in [3.05, 3.63) is 29.3 Å². The second kappa shape index (κ2) is 4.11. The summed E-state index contributed by atoms with van der Waals surface area (Å²) < 4.78 is 0. The molecule has 74 valence electrons. The summed E-state index contributed by atoms with van der Waals surface area (Å²) >= 11 is 5.77. The highest BCUT2D eigenvalue weighted by molar-refractivity contribution is 6.30. The number of benzene rings is 1. The maximum absolute atomic E-state index is 5.77. The fourth-order valence-electron chi connectivity index (χ4n) is 1.11. The van der Waals surface area contributed by atoms with Crippen molar-refractivity contribution in [3.63, 3.8) is 0 Å². The number of tetrazole rings is 1. The lowest BCUT2D eigenvalue weighted by molar-refractivity contribution is 0.592. The average molecular weight is 219 g/mol. The van der Waals surface area contributed by atoms with Gasteiger partial charge in [-0.2, -0.15) is 4.80 Å². The van der Waals surface area contributed by atoms with Gasteiger partial charge < -0.3 is 0 Å². The van der Waals surface area contributed by atoms with Gasteiger partial charge in [-0.25, -0.2) is 0 Å². The van der Waals surface area contributed by atoms with Crippen LogP contribution >= 0.6 is 11.6 Å². The second-order valence-electron chi connectivity index (χ2n) is 2.85. The summed E-state index contributed by atoms with van der Waals surface area (Å²) in [4.78, 5) is 1.37. The van der Waals surface area contributed by atoms with E-state index in [1.165, 1.54) is 4.80 Å². The summed E-state index contributed by atoms with van der Waals surface area (Å²) in [6.45, 7) is 0.320. The lowest BCUT2D eigenvalue weighted by Gasteiger charge is -1.93. The van der Waals surface area contributed by atoms with Crippen LogP contribution in [-0.2, 0) is 6.54 Å². The van der Waals surface area contributed by atoms with E-state index >= 15 is 0 Å². The monoisotopic (exact) mass is 218 g/mol. The van der Waals surface area contributed by atoms with Gasteiger partial charge in [0.2, 0.25) is 5.82 Å². The minimum atomic E-state index is 0.320. The summed E-state index contributed by atoms with van der Waals surface area (Å²) in [5.41, 5.74) is 0.864. The van der Waals surface area contributed by atoms with Crippen molar-refractivity contribution in [1.82, 2.24) is 20.2 Å². The van der Waals surface area contributed by atoms with Gasteiger partial charge in [-0.05, 0) is 29.5 Å². The largest absolute Gasteiger partial charge is 0.204 e. The number of hydrogen-bond acceptors (Lipinski definition) is 3. The molecule has 0 bridgehead atoms. The summed E-state index contributed by atoms with van der Waals surface area (Å²) in [5, 5.41) is 12.5.